The molecule has 3 N–H and O–H groups in total. The van der Waals surface area contributed by atoms with Gasteiger partial charge in [0, 0.05) is 25.2 Å². The molecule has 1 aliphatic rings. The van der Waals surface area contributed by atoms with Gasteiger partial charge in [0.25, 0.3) is 5.91 Å². The second-order valence-electron chi connectivity index (χ2n) is 5.41. The predicted octanol–water partition coefficient (Wildman–Crippen LogP) is 1.46. The van der Waals surface area contributed by atoms with Gasteiger partial charge in [-0.2, -0.15) is 0 Å². The zero-order chi connectivity index (χ0) is 16.2. The van der Waals surface area contributed by atoms with E-state index in [1.54, 1.807) is 25.3 Å². The standard InChI is InChI=1S/C17H20N4O2/c1-23-15-7-3-2-5-12(15)14-11-19-9-10-21(14)17(22)13-6-4-8-16(18)20-13/h2-8,14,19H,9-11H2,1H3,(H2,18,20). The summed E-state index contributed by atoms with van der Waals surface area (Å²) in [7, 11) is 1.64. The predicted molar refractivity (Wildman–Crippen MR) is 88.3 cm³/mol. The van der Waals surface area contributed by atoms with E-state index < -0.39 is 0 Å². The molecule has 0 aliphatic carbocycles. The highest BCUT2D eigenvalue weighted by Gasteiger charge is 2.30. The van der Waals surface area contributed by atoms with Crippen molar-refractivity contribution in [3.05, 3.63) is 53.7 Å². The molecule has 0 spiro atoms. The van der Waals surface area contributed by atoms with Crippen LogP contribution in [0.4, 0.5) is 5.82 Å². The zero-order valence-corrected chi connectivity index (χ0v) is 13.0. The number of piperazine rings is 1. The lowest BCUT2D eigenvalue weighted by atomic mass is 10.0. The molecule has 120 valence electrons. The largest absolute Gasteiger partial charge is 0.496 e. The zero-order valence-electron chi connectivity index (χ0n) is 13.0. The van der Waals surface area contributed by atoms with Gasteiger partial charge in [-0.15, -0.1) is 0 Å². The minimum atomic E-state index is -0.116. The number of nitrogen functional groups attached to an aromatic ring is 1. The summed E-state index contributed by atoms with van der Waals surface area (Å²) < 4.78 is 5.45. The number of para-hydroxylation sites is 1. The van der Waals surface area contributed by atoms with Gasteiger partial charge in [0.05, 0.1) is 13.2 Å². The Morgan fingerprint density at radius 2 is 2.13 bits per heavy atom. The third kappa shape index (κ3) is 3.12. The first kappa shape index (κ1) is 15.3. The van der Waals surface area contributed by atoms with E-state index in [-0.39, 0.29) is 11.9 Å². The minimum Gasteiger partial charge on any atom is -0.496 e. The van der Waals surface area contributed by atoms with E-state index in [4.69, 9.17) is 10.5 Å². The van der Waals surface area contributed by atoms with Crippen molar-refractivity contribution in [3.8, 4) is 5.75 Å². The number of carbonyl (C=O) groups excluding carboxylic acids is 1. The molecule has 0 bridgehead atoms. The number of benzene rings is 1. The van der Waals surface area contributed by atoms with E-state index in [1.165, 1.54) is 0 Å². The van der Waals surface area contributed by atoms with Crippen LogP contribution in [0.2, 0.25) is 0 Å². The molecule has 1 aromatic carbocycles. The molecular weight excluding hydrogens is 292 g/mol. The summed E-state index contributed by atoms with van der Waals surface area (Å²) in [5, 5.41) is 3.34. The van der Waals surface area contributed by atoms with Crippen LogP contribution in [-0.4, -0.2) is 42.5 Å². The van der Waals surface area contributed by atoms with E-state index >= 15 is 0 Å². The number of ether oxygens (including phenoxy) is 1. The Bertz CT molecular complexity index is 704. The second-order valence-corrected chi connectivity index (χ2v) is 5.41. The number of rotatable bonds is 3. The van der Waals surface area contributed by atoms with Crippen LogP contribution in [0.1, 0.15) is 22.1 Å². The fourth-order valence-electron chi connectivity index (χ4n) is 2.88. The number of nitrogens with two attached hydrogens (primary N) is 1. The van der Waals surface area contributed by atoms with E-state index in [0.29, 0.717) is 24.6 Å². The molecule has 1 aromatic heterocycles. The summed E-state index contributed by atoms with van der Waals surface area (Å²) in [4.78, 5) is 18.9. The van der Waals surface area contributed by atoms with Gasteiger partial charge >= 0.3 is 0 Å². The van der Waals surface area contributed by atoms with Crippen LogP contribution in [0.25, 0.3) is 0 Å². The van der Waals surface area contributed by atoms with Gasteiger partial charge in [-0.25, -0.2) is 4.98 Å². The molecule has 23 heavy (non-hydrogen) atoms. The molecule has 2 heterocycles. The van der Waals surface area contributed by atoms with Gasteiger partial charge in [0.1, 0.15) is 17.3 Å². The SMILES string of the molecule is COc1ccccc1C1CNCCN1C(=O)c1cccc(N)n1. The number of anilines is 1. The number of amides is 1. The van der Waals surface area contributed by atoms with Crippen LogP contribution in [0.15, 0.2) is 42.5 Å². The fourth-order valence-corrected chi connectivity index (χ4v) is 2.88. The van der Waals surface area contributed by atoms with Crippen molar-refractivity contribution in [1.82, 2.24) is 15.2 Å². The summed E-state index contributed by atoms with van der Waals surface area (Å²) in [5.41, 5.74) is 7.06. The van der Waals surface area contributed by atoms with Gasteiger partial charge in [-0.1, -0.05) is 24.3 Å². The molecule has 1 fully saturated rings. The quantitative estimate of drug-likeness (QED) is 0.897. The maximum Gasteiger partial charge on any atom is 0.273 e. The maximum absolute atomic E-state index is 12.9. The number of nitrogens with zero attached hydrogens (tertiary/aromatic N) is 2. The van der Waals surface area contributed by atoms with E-state index in [9.17, 15) is 4.79 Å². The number of methoxy groups -OCH3 is 1. The van der Waals surface area contributed by atoms with Crippen molar-refractivity contribution < 1.29 is 9.53 Å². The van der Waals surface area contributed by atoms with Gasteiger partial charge < -0.3 is 20.7 Å². The Morgan fingerprint density at radius 1 is 1.30 bits per heavy atom. The number of hydrogen-bond donors (Lipinski definition) is 2. The van der Waals surface area contributed by atoms with Crippen molar-refractivity contribution in [3.63, 3.8) is 0 Å². The summed E-state index contributed by atoms with van der Waals surface area (Å²) in [6.07, 6.45) is 0. The summed E-state index contributed by atoms with van der Waals surface area (Å²) in [6, 6.07) is 12.8. The van der Waals surface area contributed by atoms with Crippen molar-refractivity contribution in [2.75, 3.05) is 32.5 Å². The first-order valence-electron chi connectivity index (χ1n) is 7.58. The molecule has 1 saturated heterocycles. The van der Waals surface area contributed by atoms with E-state index in [0.717, 1.165) is 17.9 Å². The first-order valence-corrected chi connectivity index (χ1v) is 7.58. The molecule has 1 unspecified atom stereocenters. The molecule has 1 atom stereocenters. The smallest absolute Gasteiger partial charge is 0.273 e. The number of aromatic nitrogens is 1. The van der Waals surface area contributed by atoms with Crippen molar-refractivity contribution in [2.24, 2.45) is 0 Å². The van der Waals surface area contributed by atoms with E-state index in [1.807, 2.05) is 29.2 Å². The summed E-state index contributed by atoms with van der Waals surface area (Å²) in [6.45, 7) is 2.03. The summed E-state index contributed by atoms with van der Waals surface area (Å²) >= 11 is 0. The average molecular weight is 312 g/mol. The van der Waals surface area contributed by atoms with Crippen LogP contribution >= 0.6 is 0 Å². The van der Waals surface area contributed by atoms with E-state index in [2.05, 4.69) is 10.3 Å². The van der Waals surface area contributed by atoms with Crippen LogP contribution < -0.4 is 15.8 Å². The number of pyridine rings is 1. The lowest BCUT2D eigenvalue weighted by molar-refractivity contribution is 0.0625. The Kier molecular flexibility index (Phi) is 4.43. The second kappa shape index (κ2) is 6.66. The van der Waals surface area contributed by atoms with Gasteiger partial charge in [-0.3, -0.25) is 4.79 Å². The van der Waals surface area contributed by atoms with Gasteiger partial charge in [0.2, 0.25) is 0 Å². The molecular formula is C17H20N4O2. The molecule has 3 rings (SSSR count). The lowest BCUT2D eigenvalue weighted by Crippen LogP contribution is -2.49. The lowest BCUT2D eigenvalue weighted by Gasteiger charge is -2.36. The topological polar surface area (TPSA) is 80.5 Å². The molecule has 2 aromatic rings. The average Bonchev–Trinajstić information content (AvgIpc) is 2.61. The molecule has 0 radical (unpaired) electrons. The van der Waals surface area contributed by atoms with Gasteiger partial charge in [-0.05, 0) is 18.2 Å². The Morgan fingerprint density at radius 3 is 2.91 bits per heavy atom. The number of carbonyl (C=O) groups is 1. The monoisotopic (exact) mass is 312 g/mol. The minimum absolute atomic E-state index is 0.101. The number of hydrogen-bond acceptors (Lipinski definition) is 5. The van der Waals surface area contributed by atoms with Gasteiger partial charge in [0.15, 0.2) is 0 Å². The Balaban J connectivity index is 1.94. The third-order valence-electron chi connectivity index (χ3n) is 3.99. The highest BCUT2D eigenvalue weighted by atomic mass is 16.5. The highest BCUT2D eigenvalue weighted by molar-refractivity contribution is 5.93. The normalized spacial score (nSPS) is 17.8. The fraction of sp³-hybridized carbons (Fsp3) is 0.294. The maximum atomic E-state index is 12.9. The summed E-state index contributed by atoms with van der Waals surface area (Å²) in [5.74, 6) is 1.01. The van der Waals surface area contributed by atoms with Crippen molar-refractivity contribution in [2.45, 2.75) is 6.04 Å². The Labute approximate surface area is 135 Å². The number of nitrogens with one attached hydrogen (secondary N) is 1. The van der Waals surface area contributed by atoms with Crippen LogP contribution in [0.5, 0.6) is 5.75 Å². The highest BCUT2D eigenvalue weighted by Crippen LogP contribution is 2.30. The molecule has 6 nitrogen and oxygen atoms in total. The van der Waals surface area contributed by atoms with Crippen LogP contribution in [-0.2, 0) is 0 Å². The van der Waals surface area contributed by atoms with Crippen molar-refractivity contribution in [1.29, 1.82) is 0 Å². The molecule has 6 heteroatoms. The first-order chi connectivity index (χ1) is 11.2. The van der Waals surface area contributed by atoms with Crippen LogP contribution in [0, 0.1) is 0 Å². The third-order valence-corrected chi connectivity index (χ3v) is 3.99. The Hall–Kier alpha value is -2.60. The molecule has 1 aliphatic heterocycles. The molecule has 1 amide bonds. The van der Waals surface area contributed by atoms with Crippen LogP contribution in [0.3, 0.4) is 0 Å². The van der Waals surface area contributed by atoms with Crippen molar-refractivity contribution >= 4 is 11.7 Å². The molecule has 0 saturated carbocycles.